The van der Waals surface area contributed by atoms with E-state index in [2.05, 4.69) is 12.1 Å². The minimum absolute atomic E-state index is 0.696. The Morgan fingerprint density at radius 1 is 0.769 bits per heavy atom. The van der Waals surface area contributed by atoms with Crippen LogP contribution in [0.1, 0.15) is 30.5 Å². The van der Waals surface area contributed by atoms with E-state index in [4.69, 9.17) is 18.9 Å². The van der Waals surface area contributed by atoms with Gasteiger partial charge in [-0.25, -0.2) is 0 Å². The molecule has 0 radical (unpaired) electrons. The molecule has 0 amide bonds. The summed E-state index contributed by atoms with van der Waals surface area (Å²) in [6, 6.07) is 9.89. The van der Waals surface area contributed by atoms with Crippen LogP contribution in [0.25, 0.3) is 17.7 Å². The fourth-order valence-electron chi connectivity index (χ4n) is 2.84. The standard InChI is InChI=1S/C22H26O4/c1-7-8-16-12-18(22(26-6)21(14-16)25-5)15(2)11-17-9-10-19(23-3)20(13-17)24-4/h7-14H,1-6H3/b8-7+,15-11+. The van der Waals surface area contributed by atoms with Gasteiger partial charge in [-0.15, -0.1) is 0 Å². The molecular formula is C22H26O4. The van der Waals surface area contributed by atoms with Gasteiger partial charge in [0.05, 0.1) is 28.4 Å². The van der Waals surface area contributed by atoms with E-state index in [0.717, 1.165) is 28.0 Å². The highest BCUT2D eigenvalue weighted by molar-refractivity contribution is 5.85. The van der Waals surface area contributed by atoms with Crippen LogP contribution in [-0.4, -0.2) is 28.4 Å². The Kier molecular flexibility index (Phi) is 6.73. The second-order valence-electron chi connectivity index (χ2n) is 5.75. The van der Waals surface area contributed by atoms with E-state index in [9.17, 15) is 0 Å². The van der Waals surface area contributed by atoms with Crippen LogP contribution in [0.5, 0.6) is 23.0 Å². The first-order valence-electron chi connectivity index (χ1n) is 8.37. The van der Waals surface area contributed by atoms with Gasteiger partial charge in [-0.05, 0) is 54.8 Å². The molecule has 0 heterocycles. The van der Waals surface area contributed by atoms with Crippen LogP contribution in [0.15, 0.2) is 36.4 Å². The van der Waals surface area contributed by atoms with Crippen molar-refractivity contribution in [3.05, 3.63) is 53.1 Å². The van der Waals surface area contributed by atoms with Crippen molar-refractivity contribution in [2.75, 3.05) is 28.4 Å². The zero-order chi connectivity index (χ0) is 19.1. The average Bonchev–Trinajstić information content (AvgIpc) is 2.67. The maximum atomic E-state index is 5.61. The van der Waals surface area contributed by atoms with Crippen LogP contribution in [0.2, 0.25) is 0 Å². The molecule has 2 rings (SSSR count). The van der Waals surface area contributed by atoms with Crippen molar-refractivity contribution in [3.8, 4) is 23.0 Å². The topological polar surface area (TPSA) is 36.9 Å². The molecule has 0 unspecified atom stereocenters. The average molecular weight is 354 g/mol. The number of ether oxygens (including phenoxy) is 4. The molecule has 4 heteroatoms. The molecule has 0 bridgehead atoms. The van der Waals surface area contributed by atoms with Gasteiger partial charge in [-0.3, -0.25) is 0 Å². The second-order valence-corrected chi connectivity index (χ2v) is 5.75. The number of benzene rings is 2. The molecule has 4 nitrogen and oxygen atoms in total. The summed E-state index contributed by atoms with van der Waals surface area (Å²) in [5.41, 5.74) is 4.10. The highest BCUT2D eigenvalue weighted by Crippen LogP contribution is 2.38. The van der Waals surface area contributed by atoms with Crippen molar-refractivity contribution >= 4 is 17.7 Å². The summed E-state index contributed by atoms with van der Waals surface area (Å²) < 4.78 is 21.8. The number of hydrogen-bond donors (Lipinski definition) is 0. The van der Waals surface area contributed by atoms with E-state index in [0.29, 0.717) is 17.2 Å². The van der Waals surface area contributed by atoms with Gasteiger partial charge < -0.3 is 18.9 Å². The van der Waals surface area contributed by atoms with Crippen molar-refractivity contribution in [2.45, 2.75) is 13.8 Å². The molecule has 0 atom stereocenters. The van der Waals surface area contributed by atoms with Crippen LogP contribution < -0.4 is 18.9 Å². The van der Waals surface area contributed by atoms with Gasteiger partial charge >= 0.3 is 0 Å². The Morgan fingerprint density at radius 2 is 1.42 bits per heavy atom. The summed E-state index contributed by atoms with van der Waals surface area (Å²) in [7, 11) is 6.56. The van der Waals surface area contributed by atoms with Crippen molar-refractivity contribution < 1.29 is 18.9 Å². The molecule has 0 aliphatic heterocycles. The predicted octanol–water partition coefficient (Wildman–Crippen LogP) is 5.31. The number of rotatable bonds is 7. The minimum Gasteiger partial charge on any atom is -0.493 e. The minimum atomic E-state index is 0.696. The Hall–Kier alpha value is -2.88. The SMILES string of the molecule is C/C=C/c1cc(OC)c(OC)c(/C(C)=C/c2ccc(OC)c(OC)c2)c1. The van der Waals surface area contributed by atoms with Crippen molar-refractivity contribution in [3.63, 3.8) is 0 Å². The van der Waals surface area contributed by atoms with Crippen molar-refractivity contribution in [1.82, 2.24) is 0 Å². The maximum Gasteiger partial charge on any atom is 0.168 e. The molecule has 0 aliphatic rings. The monoisotopic (exact) mass is 354 g/mol. The van der Waals surface area contributed by atoms with E-state index >= 15 is 0 Å². The molecule has 0 spiro atoms. The van der Waals surface area contributed by atoms with Crippen LogP contribution >= 0.6 is 0 Å². The maximum absolute atomic E-state index is 5.61. The molecule has 2 aromatic carbocycles. The molecule has 0 saturated carbocycles. The third-order valence-electron chi connectivity index (χ3n) is 4.08. The van der Waals surface area contributed by atoms with E-state index in [-0.39, 0.29) is 0 Å². The van der Waals surface area contributed by atoms with E-state index in [1.807, 2.05) is 50.3 Å². The van der Waals surface area contributed by atoms with E-state index < -0.39 is 0 Å². The zero-order valence-corrected chi connectivity index (χ0v) is 16.3. The molecule has 138 valence electrons. The molecule has 0 saturated heterocycles. The van der Waals surface area contributed by atoms with Crippen molar-refractivity contribution in [2.24, 2.45) is 0 Å². The zero-order valence-electron chi connectivity index (χ0n) is 16.3. The Labute approximate surface area is 155 Å². The fraction of sp³-hybridized carbons (Fsp3) is 0.273. The number of methoxy groups -OCH3 is 4. The normalized spacial score (nSPS) is 11.5. The summed E-state index contributed by atoms with van der Waals surface area (Å²) in [6.07, 6.45) is 6.12. The van der Waals surface area contributed by atoms with Crippen LogP contribution in [0.4, 0.5) is 0 Å². The molecule has 0 fully saturated rings. The molecule has 2 aromatic rings. The van der Waals surface area contributed by atoms with Crippen LogP contribution in [0.3, 0.4) is 0 Å². The van der Waals surface area contributed by atoms with Gasteiger partial charge in [0.1, 0.15) is 0 Å². The predicted molar refractivity (Wildman–Crippen MR) is 107 cm³/mol. The van der Waals surface area contributed by atoms with E-state index in [1.165, 1.54) is 0 Å². The fourth-order valence-corrected chi connectivity index (χ4v) is 2.84. The highest BCUT2D eigenvalue weighted by Gasteiger charge is 2.13. The summed E-state index contributed by atoms with van der Waals surface area (Å²) >= 11 is 0. The van der Waals surface area contributed by atoms with Gasteiger partial charge in [0.15, 0.2) is 23.0 Å². The van der Waals surface area contributed by atoms with Gasteiger partial charge in [-0.2, -0.15) is 0 Å². The molecular weight excluding hydrogens is 328 g/mol. The van der Waals surface area contributed by atoms with Gasteiger partial charge in [0.25, 0.3) is 0 Å². The third kappa shape index (κ3) is 4.20. The lowest BCUT2D eigenvalue weighted by Crippen LogP contribution is -1.96. The van der Waals surface area contributed by atoms with Crippen LogP contribution in [-0.2, 0) is 0 Å². The molecule has 0 aliphatic carbocycles. The lowest BCUT2D eigenvalue weighted by Gasteiger charge is -2.15. The Morgan fingerprint density at radius 3 is 2.00 bits per heavy atom. The molecule has 0 N–H and O–H groups in total. The smallest absolute Gasteiger partial charge is 0.168 e. The first-order chi connectivity index (χ1) is 12.6. The lowest BCUT2D eigenvalue weighted by molar-refractivity contribution is 0.354. The van der Waals surface area contributed by atoms with Crippen LogP contribution in [0, 0.1) is 0 Å². The Balaban J connectivity index is 2.55. The number of allylic oxidation sites excluding steroid dienone is 2. The largest absolute Gasteiger partial charge is 0.493 e. The quantitative estimate of drug-likeness (QED) is 0.631. The lowest BCUT2D eigenvalue weighted by atomic mass is 9.99. The Bertz CT molecular complexity index is 819. The summed E-state index contributed by atoms with van der Waals surface area (Å²) in [4.78, 5) is 0. The van der Waals surface area contributed by atoms with Crippen molar-refractivity contribution in [1.29, 1.82) is 0 Å². The van der Waals surface area contributed by atoms with Gasteiger partial charge in [0.2, 0.25) is 0 Å². The highest BCUT2D eigenvalue weighted by atomic mass is 16.5. The molecule has 26 heavy (non-hydrogen) atoms. The first kappa shape index (κ1) is 19.4. The summed E-state index contributed by atoms with van der Waals surface area (Å²) in [5.74, 6) is 2.83. The first-order valence-corrected chi connectivity index (χ1v) is 8.37. The number of hydrogen-bond acceptors (Lipinski definition) is 4. The second kappa shape index (κ2) is 8.99. The molecule has 0 aromatic heterocycles. The third-order valence-corrected chi connectivity index (χ3v) is 4.08. The van der Waals surface area contributed by atoms with Gasteiger partial charge in [0, 0.05) is 5.56 Å². The van der Waals surface area contributed by atoms with E-state index in [1.54, 1.807) is 28.4 Å². The summed E-state index contributed by atoms with van der Waals surface area (Å²) in [6.45, 7) is 4.04. The van der Waals surface area contributed by atoms with Gasteiger partial charge in [-0.1, -0.05) is 24.3 Å². The summed E-state index contributed by atoms with van der Waals surface area (Å²) in [5, 5.41) is 0.